The van der Waals surface area contributed by atoms with Crippen LogP contribution < -0.4 is 0 Å². The number of rotatable bonds is 3. The Bertz CT molecular complexity index is 1110. The number of phenolic OH excluding ortho intramolecular Hbond substituents is 2. The number of phenols is 2. The molecule has 0 amide bonds. The van der Waals surface area contributed by atoms with E-state index in [0.29, 0.717) is 17.0 Å². The Morgan fingerprint density at radius 3 is 2.11 bits per heavy atom. The van der Waals surface area contributed by atoms with Crippen LogP contribution in [0.3, 0.4) is 0 Å². The zero-order chi connectivity index (χ0) is 18.8. The first-order valence-electron chi connectivity index (χ1n) is 8.46. The minimum absolute atomic E-state index is 0.128. The van der Waals surface area contributed by atoms with Gasteiger partial charge < -0.3 is 10.2 Å². The standard InChI is InChI=1S/C23H16FNO2/c24-18-10-8-15(9-11-18)17-13-21(16-4-3-5-19(26)12-16)25-22(14-17)20-6-1-2-7-23(20)27/h1-14,26-27H. The fourth-order valence-corrected chi connectivity index (χ4v) is 2.98. The Hall–Kier alpha value is -3.66. The second kappa shape index (κ2) is 6.92. The SMILES string of the molecule is Oc1cccc(-c2cc(-c3ccc(F)cc3)cc(-c3ccccc3O)n2)c1. The number of benzene rings is 3. The molecule has 0 saturated heterocycles. The van der Waals surface area contributed by atoms with Crippen molar-refractivity contribution in [2.45, 2.75) is 0 Å². The van der Waals surface area contributed by atoms with Crippen LogP contribution in [0.15, 0.2) is 84.9 Å². The maximum Gasteiger partial charge on any atom is 0.124 e. The lowest BCUT2D eigenvalue weighted by Crippen LogP contribution is -1.91. The number of para-hydroxylation sites is 1. The molecule has 0 radical (unpaired) electrons. The van der Waals surface area contributed by atoms with Crippen molar-refractivity contribution in [2.75, 3.05) is 0 Å². The van der Waals surface area contributed by atoms with E-state index >= 15 is 0 Å². The quantitative estimate of drug-likeness (QED) is 0.499. The van der Waals surface area contributed by atoms with Crippen LogP contribution in [0.25, 0.3) is 33.6 Å². The fraction of sp³-hybridized carbons (Fsp3) is 0. The van der Waals surface area contributed by atoms with Gasteiger partial charge in [-0.2, -0.15) is 0 Å². The first-order chi connectivity index (χ1) is 13.1. The van der Waals surface area contributed by atoms with Crippen molar-refractivity contribution >= 4 is 0 Å². The average Bonchev–Trinajstić information content (AvgIpc) is 2.68. The van der Waals surface area contributed by atoms with Gasteiger partial charge in [0.2, 0.25) is 0 Å². The molecule has 3 aromatic carbocycles. The van der Waals surface area contributed by atoms with Crippen molar-refractivity contribution in [3.8, 4) is 45.1 Å². The molecular weight excluding hydrogens is 341 g/mol. The summed E-state index contributed by atoms with van der Waals surface area (Å²) in [5, 5.41) is 20.1. The van der Waals surface area contributed by atoms with Crippen molar-refractivity contribution in [3.05, 3.63) is 90.7 Å². The third kappa shape index (κ3) is 3.51. The van der Waals surface area contributed by atoms with E-state index in [4.69, 9.17) is 0 Å². The molecule has 132 valence electrons. The first-order valence-corrected chi connectivity index (χ1v) is 8.46. The predicted octanol–water partition coefficient (Wildman–Crippen LogP) is 5.63. The molecule has 4 aromatic rings. The van der Waals surface area contributed by atoms with E-state index in [-0.39, 0.29) is 17.3 Å². The number of pyridine rings is 1. The van der Waals surface area contributed by atoms with E-state index in [9.17, 15) is 14.6 Å². The van der Waals surface area contributed by atoms with E-state index in [2.05, 4.69) is 4.98 Å². The normalized spacial score (nSPS) is 10.7. The van der Waals surface area contributed by atoms with Gasteiger partial charge in [0.25, 0.3) is 0 Å². The molecule has 0 atom stereocenters. The van der Waals surface area contributed by atoms with Gasteiger partial charge in [0.05, 0.1) is 11.4 Å². The van der Waals surface area contributed by atoms with Gasteiger partial charge in [-0.3, -0.25) is 0 Å². The van der Waals surface area contributed by atoms with Crippen LogP contribution in [0.1, 0.15) is 0 Å². The fourth-order valence-electron chi connectivity index (χ4n) is 2.98. The zero-order valence-electron chi connectivity index (χ0n) is 14.3. The Morgan fingerprint density at radius 2 is 1.37 bits per heavy atom. The molecule has 1 heterocycles. The number of hydrogen-bond acceptors (Lipinski definition) is 3. The molecule has 0 aliphatic rings. The highest BCUT2D eigenvalue weighted by Crippen LogP contribution is 2.34. The molecule has 0 aliphatic heterocycles. The summed E-state index contributed by atoms with van der Waals surface area (Å²) in [5.74, 6) is -0.0318. The van der Waals surface area contributed by atoms with Crippen molar-refractivity contribution in [1.82, 2.24) is 4.98 Å². The summed E-state index contributed by atoms with van der Waals surface area (Å²) in [5.41, 5.74) is 4.25. The van der Waals surface area contributed by atoms with Crippen LogP contribution in [-0.4, -0.2) is 15.2 Å². The van der Waals surface area contributed by atoms with Gasteiger partial charge in [-0.1, -0.05) is 36.4 Å². The lowest BCUT2D eigenvalue weighted by Gasteiger charge is -2.11. The summed E-state index contributed by atoms with van der Waals surface area (Å²) in [4.78, 5) is 4.67. The number of nitrogens with zero attached hydrogens (tertiary/aromatic N) is 1. The minimum atomic E-state index is -0.304. The van der Waals surface area contributed by atoms with E-state index in [0.717, 1.165) is 16.7 Å². The van der Waals surface area contributed by atoms with Crippen LogP contribution in [-0.2, 0) is 0 Å². The van der Waals surface area contributed by atoms with Crippen LogP contribution in [0.5, 0.6) is 11.5 Å². The summed E-state index contributed by atoms with van der Waals surface area (Å²) < 4.78 is 13.3. The summed E-state index contributed by atoms with van der Waals surface area (Å²) in [6, 6.07) is 23.7. The van der Waals surface area contributed by atoms with Gasteiger partial charge in [0, 0.05) is 11.1 Å². The molecule has 1 aromatic heterocycles. The molecule has 3 nitrogen and oxygen atoms in total. The maximum absolute atomic E-state index is 13.3. The highest BCUT2D eigenvalue weighted by Gasteiger charge is 2.11. The molecule has 27 heavy (non-hydrogen) atoms. The molecule has 4 heteroatoms. The topological polar surface area (TPSA) is 53.4 Å². The molecule has 0 saturated carbocycles. The van der Waals surface area contributed by atoms with Gasteiger partial charge in [-0.05, 0) is 59.7 Å². The average molecular weight is 357 g/mol. The van der Waals surface area contributed by atoms with Gasteiger partial charge >= 0.3 is 0 Å². The summed E-state index contributed by atoms with van der Waals surface area (Å²) in [6.45, 7) is 0. The van der Waals surface area contributed by atoms with E-state index in [1.165, 1.54) is 12.1 Å². The predicted molar refractivity (Wildman–Crippen MR) is 104 cm³/mol. The third-order valence-corrected chi connectivity index (χ3v) is 4.32. The van der Waals surface area contributed by atoms with Crippen molar-refractivity contribution in [2.24, 2.45) is 0 Å². The number of hydrogen-bond donors (Lipinski definition) is 2. The summed E-state index contributed by atoms with van der Waals surface area (Å²) >= 11 is 0. The van der Waals surface area contributed by atoms with Crippen molar-refractivity contribution in [3.63, 3.8) is 0 Å². The van der Waals surface area contributed by atoms with Crippen LogP contribution in [0, 0.1) is 5.82 Å². The van der Waals surface area contributed by atoms with Crippen LogP contribution in [0.2, 0.25) is 0 Å². The largest absolute Gasteiger partial charge is 0.508 e. The van der Waals surface area contributed by atoms with Crippen molar-refractivity contribution in [1.29, 1.82) is 0 Å². The second-order valence-corrected chi connectivity index (χ2v) is 6.20. The number of aromatic hydroxyl groups is 2. The maximum atomic E-state index is 13.3. The van der Waals surface area contributed by atoms with Gasteiger partial charge in [-0.25, -0.2) is 9.37 Å². The number of aromatic nitrogens is 1. The lowest BCUT2D eigenvalue weighted by molar-refractivity contribution is 0.475. The molecule has 0 spiro atoms. The molecule has 2 N–H and O–H groups in total. The third-order valence-electron chi connectivity index (χ3n) is 4.32. The van der Waals surface area contributed by atoms with E-state index in [1.54, 1.807) is 48.5 Å². The van der Waals surface area contributed by atoms with Crippen molar-refractivity contribution < 1.29 is 14.6 Å². The monoisotopic (exact) mass is 357 g/mol. The summed E-state index contributed by atoms with van der Waals surface area (Å²) in [6.07, 6.45) is 0. The van der Waals surface area contributed by atoms with Gasteiger partial charge in [-0.15, -0.1) is 0 Å². The Morgan fingerprint density at radius 1 is 0.630 bits per heavy atom. The Labute approximate surface area is 156 Å². The molecular formula is C23H16FNO2. The highest BCUT2D eigenvalue weighted by molar-refractivity contribution is 5.78. The zero-order valence-corrected chi connectivity index (χ0v) is 14.3. The second-order valence-electron chi connectivity index (χ2n) is 6.20. The van der Waals surface area contributed by atoms with Crippen LogP contribution >= 0.6 is 0 Å². The van der Waals surface area contributed by atoms with Gasteiger partial charge in [0.1, 0.15) is 17.3 Å². The molecule has 0 fully saturated rings. The lowest BCUT2D eigenvalue weighted by atomic mass is 9.99. The molecule has 4 rings (SSSR count). The smallest absolute Gasteiger partial charge is 0.124 e. The first kappa shape index (κ1) is 16.8. The molecule has 0 bridgehead atoms. The number of halogens is 1. The van der Waals surface area contributed by atoms with E-state index < -0.39 is 0 Å². The van der Waals surface area contributed by atoms with Gasteiger partial charge in [0.15, 0.2) is 0 Å². The summed E-state index contributed by atoms with van der Waals surface area (Å²) in [7, 11) is 0. The Balaban J connectivity index is 1.94. The molecule has 0 aliphatic carbocycles. The van der Waals surface area contributed by atoms with E-state index in [1.807, 2.05) is 24.3 Å². The minimum Gasteiger partial charge on any atom is -0.508 e. The highest BCUT2D eigenvalue weighted by atomic mass is 19.1. The van der Waals surface area contributed by atoms with Crippen LogP contribution in [0.4, 0.5) is 4.39 Å². The molecule has 0 unspecified atom stereocenters. The Kier molecular flexibility index (Phi) is 4.30.